The fourth-order valence-electron chi connectivity index (χ4n) is 1.74. The molecule has 1 heterocycles. The zero-order chi connectivity index (χ0) is 15.2. The maximum atomic E-state index is 12.1. The Labute approximate surface area is 128 Å². The quantitative estimate of drug-likeness (QED) is 0.854. The Morgan fingerprint density at radius 3 is 2.57 bits per heavy atom. The average molecular weight is 299 g/mol. The summed E-state index contributed by atoms with van der Waals surface area (Å²) in [6.45, 7) is 4.08. The number of nitrogens with one attached hydrogen (secondary N) is 1. The van der Waals surface area contributed by atoms with Crippen LogP contribution in [0.2, 0.25) is 0 Å². The molecule has 0 unspecified atom stereocenters. The molecule has 1 amide bonds. The highest BCUT2D eigenvalue weighted by molar-refractivity contribution is 7.14. The minimum Gasteiger partial charge on any atom is -0.395 e. The Bertz CT molecular complexity index is 670. The van der Waals surface area contributed by atoms with Crippen LogP contribution in [0.25, 0.3) is 0 Å². The molecular formula is C17H17NO2S. The predicted molar refractivity (Wildman–Crippen MR) is 86.8 cm³/mol. The second-order valence-electron chi connectivity index (χ2n) is 4.66. The number of aliphatic hydroxyl groups excluding tert-OH is 1. The molecule has 0 radical (unpaired) electrons. The maximum Gasteiger partial charge on any atom is 0.265 e. The third-order valence-electron chi connectivity index (χ3n) is 3.00. The monoisotopic (exact) mass is 299 g/mol. The summed E-state index contributed by atoms with van der Waals surface area (Å²) in [6, 6.07) is 9.27. The normalized spacial score (nSPS) is 9.86. The van der Waals surface area contributed by atoms with Crippen LogP contribution in [0, 0.1) is 25.7 Å². The number of hydrogen-bond acceptors (Lipinski definition) is 3. The van der Waals surface area contributed by atoms with E-state index in [4.69, 9.17) is 5.11 Å². The van der Waals surface area contributed by atoms with E-state index in [1.807, 2.05) is 44.2 Å². The highest BCUT2D eigenvalue weighted by Crippen LogP contribution is 2.21. The van der Waals surface area contributed by atoms with Crippen LogP contribution in [-0.4, -0.2) is 17.6 Å². The summed E-state index contributed by atoms with van der Waals surface area (Å²) in [5, 5.41) is 11.5. The number of anilines is 1. The van der Waals surface area contributed by atoms with Crippen molar-refractivity contribution in [3.05, 3.63) is 51.2 Å². The van der Waals surface area contributed by atoms with Gasteiger partial charge < -0.3 is 10.4 Å². The van der Waals surface area contributed by atoms with Crippen molar-refractivity contribution in [3.8, 4) is 11.8 Å². The van der Waals surface area contributed by atoms with Gasteiger partial charge in [0.1, 0.15) is 0 Å². The molecular weight excluding hydrogens is 282 g/mol. The lowest BCUT2D eigenvalue weighted by atomic mass is 10.2. The van der Waals surface area contributed by atoms with Gasteiger partial charge in [-0.25, -0.2) is 0 Å². The lowest BCUT2D eigenvalue weighted by Gasteiger charge is -2.03. The topological polar surface area (TPSA) is 49.3 Å². The van der Waals surface area contributed by atoms with E-state index in [1.54, 1.807) is 0 Å². The molecule has 1 aromatic heterocycles. The molecule has 4 heteroatoms. The number of aliphatic hydroxyl groups is 1. The van der Waals surface area contributed by atoms with Crippen molar-refractivity contribution in [1.29, 1.82) is 0 Å². The van der Waals surface area contributed by atoms with E-state index in [2.05, 4.69) is 17.2 Å². The number of benzene rings is 1. The second-order valence-corrected chi connectivity index (χ2v) is 5.91. The number of carbonyl (C=O) groups excluding carboxylic acids is 1. The number of hydrogen-bond donors (Lipinski definition) is 2. The summed E-state index contributed by atoms with van der Waals surface area (Å²) in [6.07, 6.45) is 0.468. The summed E-state index contributed by atoms with van der Waals surface area (Å²) >= 11 is 1.50. The lowest BCUT2D eigenvalue weighted by Crippen LogP contribution is -2.09. The van der Waals surface area contributed by atoms with Crippen LogP contribution in [0.3, 0.4) is 0 Å². The Morgan fingerprint density at radius 2 is 2.00 bits per heavy atom. The molecule has 0 aliphatic rings. The van der Waals surface area contributed by atoms with Gasteiger partial charge in [0.2, 0.25) is 0 Å². The summed E-state index contributed by atoms with van der Waals surface area (Å²) in [4.78, 5) is 14.0. The third kappa shape index (κ3) is 4.19. The summed E-state index contributed by atoms with van der Waals surface area (Å²) < 4.78 is 0. The molecule has 2 aromatic rings. The molecule has 0 bridgehead atoms. The highest BCUT2D eigenvalue weighted by Gasteiger charge is 2.10. The molecule has 2 rings (SSSR count). The number of amides is 1. The van der Waals surface area contributed by atoms with Gasteiger partial charge in [-0.1, -0.05) is 11.8 Å². The Balaban J connectivity index is 2.03. The van der Waals surface area contributed by atoms with E-state index in [9.17, 15) is 4.79 Å². The molecule has 21 heavy (non-hydrogen) atoms. The molecule has 0 fully saturated rings. The largest absolute Gasteiger partial charge is 0.395 e. The van der Waals surface area contributed by atoms with Gasteiger partial charge in [0.05, 0.1) is 11.5 Å². The summed E-state index contributed by atoms with van der Waals surface area (Å²) in [7, 11) is 0. The van der Waals surface area contributed by atoms with Crippen molar-refractivity contribution in [1.82, 2.24) is 0 Å². The summed E-state index contributed by atoms with van der Waals surface area (Å²) in [5.74, 6) is 5.72. The lowest BCUT2D eigenvalue weighted by molar-refractivity contribution is 0.103. The molecule has 0 aliphatic heterocycles. The molecule has 1 aromatic carbocycles. The first kappa shape index (κ1) is 15.3. The van der Waals surface area contributed by atoms with Crippen LogP contribution in [0.5, 0.6) is 0 Å². The fourth-order valence-corrected chi connectivity index (χ4v) is 2.66. The molecule has 0 spiro atoms. The molecule has 2 N–H and O–H groups in total. The van der Waals surface area contributed by atoms with E-state index in [0.29, 0.717) is 6.42 Å². The van der Waals surface area contributed by atoms with E-state index >= 15 is 0 Å². The zero-order valence-electron chi connectivity index (χ0n) is 12.1. The van der Waals surface area contributed by atoms with Gasteiger partial charge >= 0.3 is 0 Å². The van der Waals surface area contributed by atoms with Crippen molar-refractivity contribution in [2.75, 3.05) is 11.9 Å². The molecule has 3 nitrogen and oxygen atoms in total. The standard InChI is InChI=1S/C17H17NO2S/c1-12-11-16(21-13(12)2)17(20)18-15-8-6-14(7-9-15)5-3-4-10-19/h6-9,11,19H,4,10H2,1-2H3,(H,18,20). The number of aryl methyl sites for hydroxylation is 2. The van der Waals surface area contributed by atoms with E-state index in [-0.39, 0.29) is 12.5 Å². The van der Waals surface area contributed by atoms with Gasteiger partial charge in [-0.3, -0.25) is 4.79 Å². The van der Waals surface area contributed by atoms with E-state index in [1.165, 1.54) is 11.3 Å². The molecule has 108 valence electrons. The van der Waals surface area contributed by atoms with Gasteiger partial charge in [0.15, 0.2) is 0 Å². The number of thiophene rings is 1. The van der Waals surface area contributed by atoms with E-state index in [0.717, 1.165) is 26.6 Å². The van der Waals surface area contributed by atoms with Crippen molar-refractivity contribution >= 4 is 22.9 Å². The second kappa shape index (κ2) is 7.07. The number of rotatable bonds is 3. The van der Waals surface area contributed by atoms with Crippen LogP contribution >= 0.6 is 11.3 Å². The van der Waals surface area contributed by atoms with Gasteiger partial charge in [0, 0.05) is 22.5 Å². The van der Waals surface area contributed by atoms with Crippen LogP contribution < -0.4 is 5.32 Å². The van der Waals surface area contributed by atoms with Gasteiger partial charge in [-0.2, -0.15) is 0 Å². The van der Waals surface area contributed by atoms with Gasteiger partial charge in [-0.05, 0) is 49.7 Å². The molecule has 0 saturated carbocycles. The van der Waals surface area contributed by atoms with Crippen LogP contribution in [0.1, 0.15) is 32.1 Å². The first-order valence-corrected chi connectivity index (χ1v) is 7.50. The average Bonchev–Trinajstić information content (AvgIpc) is 2.81. The SMILES string of the molecule is Cc1cc(C(=O)Nc2ccc(C#CCCO)cc2)sc1C. The van der Waals surface area contributed by atoms with Crippen molar-refractivity contribution in [2.24, 2.45) is 0 Å². The molecule has 0 saturated heterocycles. The van der Waals surface area contributed by atoms with Crippen LogP contribution in [-0.2, 0) is 0 Å². The Hall–Kier alpha value is -2.09. The van der Waals surface area contributed by atoms with Crippen molar-refractivity contribution in [2.45, 2.75) is 20.3 Å². The Morgan fingerprint density at radius 1 is 1.29 bits per heavy atom. The zero-order valence-corrected chi connectivity index (χ0v) is 12.9. The Kier molecular flexibility index (Phi) is 5.15. The molecule has 0 aliphatic carbocycles. The van der Waals surface area contributed by atoms with Gasteiger partial charge in [0.25, 0.3) is 5.91 Å². The van der Waals surface area contributed by atoms with Crippen molar-refractivity contribution in [3.63, 3.8) is 0 Å². The first-order valence-electron chi connectivity index (χ1n) is 6.68. The van der Waals surface area contributed by atoms with E-state index < -0.39 is 0 Å². The van der Waals surface area contributed by atoms with Crippen LogP contribution in [0.15, 0.2) is 30.3 Å². The summed E-state index contributed by atoms with van der Waals surface area (Å²) in [5.41, 5.74) is 2.75. The maximum absolute atomic E-state index is 12.1. The smallest absolute Gasteiger partial charge is 0.265 e. The number of carbonyl (C=O) groups is 1. The fraction of sp³-hybridized carbons (Fsp3) is 0.235. The van der Waals surface area contributed by atoms with Crippen LogP contribution in [0.4, 0.5) is 5.69 Å². The minimum atomic E-state index is -0.0877. The van der Waals surface area contributed by atoms with Crippen molar-refractivity contribution < 1.29 is 9.90 Å². The minimum absolute atomic E-state index is 0.0702. The first-order chi connectivity index (χ1) is 10.1. The van der Waals surface area contributed by atoms with Gasteiger partial charge in [-0.15, -0.1) is 11.3 Å². The molecule has 0 atom stereocenters. The highest BCUT2D eigenvalue weighted by atomic mass is 32.1. The third-order valence-corrected chi connectivity index (χ3v) is 4.15. The predicted octanol–water partition coefficient (Wildman–Crippen LogP) is 3.35.